The monoisotopic (exact) mass is 284 g/mol. The number of aryl methyl sites for hydroxylation is 1. The number of methoxy groups -OCH3 is 1. The quantitative estimate of drug-likeness (QED) is 0.875. The molecule has 2 aromatic carbocycles. The highest BCUT2D eigenvalue weighted by Crippen LogP contribution is 2.30. The smallest absolute Gasteiger partial charge is 0.119 e. The van der Waals surface area contributed by atoms with Crippen molar-refractivity contribution < 1.29 is 9.84 Å². The van der Waals surface area contributed by atoms with Gasteiger partial charge in [-0.1, -0.05) is 50.2 Å². The average molecular weight is 284 g/mol. The van der Waals surface area contributed by atoms with E-state index in [1.54, 1.807) is 7.11 Å². The number of hydrogen-bond acceptors (Lipinski definition) is 2. The van der Waals surface area contributed by atoms with Crippen LogP contribution in [0.5, 0.6) is 5.75 Å². The van der Waals surface area contributed by atoms with Crippen LogP contribution in [-0.2, 0) is 18.3 Å². The standard InChI is InChI=1S/C19H24O2/c1-4-15-8-10-16(11-9-15)13-19(2,14-20)17-6-5-7-18(12-17)21-3/h5-12,20H,4,13-14H2,1-3H3. The van der Waals surface area contributed by atoms with Crippen molar-refractivity contribution in [1.82, 2.24) is 0 Å². The van der Waals surface area contributed by atoms with E-state index in [0.717, 1.165) is 24.2 Å². The van der Waals surface area contributed by atoms with Gasteiger partial charge in [0.15, 0.2) is 0 Å². The Kier molecular flexibility index (Phi) is 5.03. The lowest BCUT2D eigenvalue weighted by Crippen LogP contribution is -2.29. The number of aliphatic hydroxyl groups excluding tert-OH is 1. The van der Waals surface area contributed by atoms with Gasteiger partial charge in [0.2, 0.25) is 0 Å². The SMILES string of the molecule is CCc1ccc(CC(C)(CO)c2cccc(OC)c2)cc1. The maximum absolute atomic E-state index is 9.92. The maximum atomic E-state index is 9.92. The van der Waals surface area contributed by atoms with Gasteiger partial charge in [-0.15, -0.1) is 0 Å². The van der Waals surface area contributed by atoms with E-state index in [2.05, 4.69) is 44.2 Å². The number of hydrogen-bond donors (Lipinski definition) is 1. The molecule has 1 N–H and O–H groups in total. The molecule has 2 aromatic rings. The van der Waals surface area contributed by atoms with Gasteiger partial charge in [0.25, 0.3) is 0 Å². The Morgan fingerprint density at radius 2 is 1.71 bits per heavy atom. The molecule has 0 saturated heterocycles. The molecule has 0 aliphatic rings. The third-order valence-electron chi connectivity index (χ3n) is 4.14. The molecule has 0 aromatic heterocycles. The van der Waals surface area contributed by atoms with E-state index in [4.69, 9.17) is 4.74 Å². The second-order valence-electron chi connectivity index (χ2n) is 5.80. The summed E-state index contributed by atoms with van der Waals surface area (Å²) in [6, 6.07) is 16.6. The number of aliphatic hydroxyl groups is 1. The lowest BCUT2D eigenvalue weighted by atomic mass is 9.78. The number of ether oxygens (including phenoxy) is 1. The molecule has 0 radical (unpaired) electrons. The van der Waals surface area contributed by atoms with E-state index >= 15 is 0 Å². The molecule has 2 rings (SSSR count). The maximum Gasteiger partial charge on any atom is 0.119 e. The van der Waals surface area contributed by atoms with Crippen LogP contribution in [0.3, 0.4) is 0 Å². The van der Waals surface area contributed by atoms with Gasteiger partial charge in [0.1, 0.15) is 5.75 Å². The van der Waals surface area contributed by atoms with E-state index in [-0.39, 0.29) is 12.0 Å². The third kappa shape index (κ3) is 3.64. The molecule has 0 fully saturated rings. The molecule has 0 saturated carbocycles. The Morgan fingerprint density at radius 1 is 1.05 bits per heavy atom. The summed E-state index contributed by atoms with van der Waals surface area (Å²) in [5, 5.41) is 9.92. The summed E-state index contributed by atoms with van der Waals surface area (Å²) >= 11 is 0. The second kappa shape index (κ2) is 6.77. The second-order valence-corrected chi connectivity index (χ2v) is 5.80. The molecule has 1 atom stereocenters. The lowest BCUT2D eigenvalue weighted by molar-refractivity contribution is 0.204. The predicted molar refractivity (Wildman–Crippen MR) is 87.0 cm³/mol. The van der Waals surface area contributed by atoms with Crippen molar-refractivity contribution in [2.45, 2.75) is 32.1 Å². The Balaban J connectivity index is 2.26. The normalized spacial score (nSPS) is 13.7. The van der Waals surface area contributed by atoms with Crippen LogP contribution in [0.15, 0.2) is 48.5 Å². The zero-order valence-corrected chi connectivity index (χ0v) is 13.1. The summed E-state index contributed by atoms with van der Waals surface area (Å²) < 4.78 is 5.29. The van der Waals surface area contributed by atoms with Crippen LogP contribution < -0.4 is 4.74 Å². The first-order chi connectivity index (χ1) is 10.1. The molecule has 0 aliphatic heterocycles. The third-order valence-corrected chi connectivity index (χ3v) is 4.14. The van der Waals surface area contributed by atoms with Gasteiger partial charge in [-0.3, -0.25) is 0 Å². The van der Waals surface area contributed by atoms with Crippen LogP contribution in [0, 0.1) is 0 Å². The van der Waals surface area contributed by atoms with Crippen LogP contribution in [-0.4, -0.2) is 18.8 Å². The zero-order chi connectivity index (χ0) is 15.3. The van der Waals surface area contributed by atoms with E-state index in [9.17, 15) is 5.11 Å². The van der Waals surface area contributed by atoms with E-state index in [1.165, 1.54) is 11.1 Å². The molecule has 0 amide bonds. The first-order valence-corrected chi connectivity index (χ1v) is 7.44. The van der Waals surface area contributed by atoms with Crippen molar-refractivity contribution in [3.8, 4) is 5.75 Å². The fraction of sp³-hybridized carbons (Fsp3) is 0.368. The van der Waals surface area contributed by atoms with Crippen molar-refractivity contribution in [2.75, 3.05) is 13.7 Å². The van der Waals surface area contributed by atoms with Crippen molar-refractivity contribution in [1.29, 1.82) is 0 Å². The average Bonchev–Trinajstić information content (AvgIpc) is 2.55. The molecule has 1 unspecified atom stereocenters. The van der Waals surface area contributed by atoms with Gasteiger partial charge < -0.3 is 9.84 Å². The number of benzene rings is 2. The van der Waals surface area contributed by atoms with Gasteiger partial charge in [-0.25, -0.2) is 0 Å². The fourth-order valence-corrected chi connectivity index (χ4v) is 2.59. The van der Waals surface area contributed by atoms with Crippen LogP contribution in [0.4, 0.5) is 0 Å². The summed E-state index contributed by atoms with van der Waals surface area (Å²) in [7, 11) is 1.67. The van der Waals surface area contributed by atoms with Gasteiger partial charge in [-0.2, -0.15) is 0 Å². The Hall–Kier alpha value is -1.80. The molecule has 0 heterocycles. The predicted octanol–water partition coefficient (Wildman–Crippen LogP) is 3.75. The van der Waals surface area contributed by atoms with Crippen molar-refractivity contribution in [3.05, 3.63) is 65.2 Å². The molecule has 112 valence electrons. The van der Waals surface area contributed by atoms with Crippen molar-refractivity contribution >= 4 is 0 Å². The molecule has 2 heteroatoms. The van der Waals surface area contributed by atoms with Crippen LogP contribution in [0.2, 0.25) is 0 Å². The minimum absolute atomic E-state index is 0.107. The van der Waals surface area contributed by atoms with Gasteiger partial charge in [0.05, 0.1) is 13.7 Å². The molecule has 21 heavy (non-hydrogen) atoms. The van der Waals surface area contributed by atoms with Crippen LogP contribution in [0.1, 0.15) is 30.5 Å². The highest BCUT2D eigenvalue weighted by atomic mass is 16.5. The molecule has 2 nitrogen and oxygen atoms in total. The Labute approximate surface area is 127 Å². The molecule has 0 bridgehead atoms. The topological polar surface area (TPSA) is 29.5 Å². The summed E-state index contributed by atoms with van der Waals surface area (Å²) in [4.78, 5) is 0. The number of rotatable bonds is 6. The Bertz CT molecular complexity index is 574. The summed E-state index contributed by atoms with van der Waals surface area (Å²) in [5.74, 6) is 0.827. The Morgan fingerprint density at radius 3 is 2.29 bits per heavy atom. The highest BCUT2D eigenvalue weighted by Gasteiger charge is 2.26. The lowest BCUT2D eigenvalue weighted by Gasteiger charge is -2.28. The minimum Gasteiger partial charge on any atom is -0.497 e. The van der Waals surface area contributed by atoms with Gasteiger partial charge in [0, 0.05) is 5.41 Å². The molecule has 0 aliphatic carbocycles. The largest absolute Gasteiger partial charge is 0.497 e. The minimum atomic E-state index is -0.303. The summed E-state index contributed by atoms with van der Waals surface area (Å²) in [6.07, 6.45) is 1.86. The molecular formula is C19H24O2. The molecule has 0 spiro atoms. The van der Waals surface area contributed by atoms with Crippen molar-refractivity contribution in [3.63, 3.8) is 0 Å². The highest BCUT2D eigenvalue weighted by molar-refractivity contribution is 5.36. The fourth-order valence-electron chi connectivity index (χ4n) is 2.59. The van der Waals surface area contributed by atoms with Crippen LogP contribution in [0.25, 0.3) is 0 Å². The summed E-state index contributed by atoms with van der Waals surface area (Å²) in [5.41, 5.74) is 3.38. The van der Waals surface area contributed by atoms with E-state index in [1.807, 2.05) is 18.2 Å². The van der Waals surface area contributed by atoms with Gasteiger partial charge in [-0.05, 0) is 41.7 Å². The van der Waals surface area contributed by atoms with E-state index in [0.29, 0.717) is 0 Å². The van der Waals surface area contributed by atoms with Crippen LogP contribution >= 0.6 is 0 Å². The van der Waals surface area contributed by atoms with Gasteiger partial charge >= 0.3 is 0 Å². The first kappa shape index (κ1) is 15.6. The molecular weight excluding hydrogens is 260 g/mol. The van der Waals surface area contributed by atoms with E-state index < -0.39 is 0 Å². The zero-order valence-electron chi connectivity index (χ0n) is 13.1. The van der Waals surface area contributed by atoms with Crippen molar-refractivity contribution in [2.24, 2.45) is 0 Å². The first-order valence-electron chi connectivity index (χ1n) is 7.44. The summed E-state index contributed by atoms with van der Waals surface area (Å²) in [6.45, 7) is 4.36.